The van der Waals surface area contributed by atoms with Crippen LogP contribution < -0.4 is 0 Å². The first-order valence-corrected chi connectivity index (χ1v) is 6.97. The van der Waals surface area contributed by atoms with E-state index in [0.717, 1.165) is 16.7 Å². The zero-order valence-corrected chi connectivity index (χ0v) is 12.5. The van der Waals surface area contributed by atoms with Crippen molar-refractivity contribution < 1.29 is 4.79 Å². The summed E-state index contributed by atoms with van der Waals surface area (Å²) in [5.74, 6) is 0.0965. The number of hydrogen-bond donors (Lipinski definition) is 0. The molecule has 0 aliphatic rings. The van der Waals surface area contributed by atoms with E-state index in [0.29, 0.717) is 18.0 Å². The predicted octanol–water partition coefficient (Wildman–Crippen LogP) is 3.85. The lowest BCUT2D eigenvalue weighted by Gasteiger charge is -2.18. The molecule has 0 saturated heterocycles. The lowest BCUT2D eigenvalue weighted by Crippen LogP contribution is -2.28. The predicted molar refractivity (Wildman–Crippen MR) is 82.8 cm³/mol. The van der Waals surface area contributed by atoms with Crippen LogP contribution in [-0.4, -0.2) is 17.9 Å². The van der Waals surface area contributed by atoms with Crippen molar-refractivity contribution in [1.29, 1.82) is 0 Å². The Morgan fingerprint density at radius 2 is 1.65 bits per heavy atom. The number of rotatable bonds is 4. The topological polar surface area (TPSA) is 20.3 Å². The molecule has 2 aromatic rings. The molecule has 20 heavy (non-hydrogen) atoms. The average Bonchev–Trinajstić information content (AvgIpc) is 2.43. The van der Waals surface area contributed by atoms with Crippen molar-refractivity contribution in [2.45, 2.75) is 19.9 Å². The molecule has 2 aromatic carbocycles. The second-order valence-corrected chi connectivity index (χ2v) is 5.35. The minimum atomic E-state index is 0.0965. The van der Waals surface area contributed by atoms with Crippen molar-refractivity contribution in [1.82, 2.24) is 4.90 Å². The second kappa shape index (κ2) is 6.58. The summed E-state index contributed by atoms with van der Waals surface area (Å²) < 4.78 is 0. The minimum Gasteiger partial charge on any atom is -0.341 e. The van der Waals surface area contributed by atoms with Crippen LogP contribution in [0.1, 0.15) is 16.7 Å². The summed E-state index contributed by atoms with van der Waals surface area (Å²) in [6.07, 6.45) is 0.424. The first-order chi connectivity index (χ1) is 9.58. The smallest absolute Gasteiger partial charge is 0.227 e. The summed E-state index contributed by atoms with van der Waals surface area (Å²) in [6.45, 7) is 2.56. The zero-order valence-electron chi connectivity index (χ0n) is 11.8. The summed E-state index contributed by atoms with van der Waals surface area (Å²) in [7, 11) is 1.81. The second-order valence-electron chi connectivity index (χ2n) is 4.94. The first kappa shape index (κ1) is 14.6. The van der Waals surface area contributed by atoms with Gasteiger partial charge in [0.1, 0.15) is 0 Å². The van der Waals surface area contributed by atoms with E-state index in [1.165, 1.54) is 0 Å². The fraction of sp³-hybridized carbons (Fsp3) is 0.235. The molecule has 0 bridgehead atoms. The van der Waals surface area contributed by atoms with Crippen LogP contribution in [0.25, 0.3) is 0 Å². The molecule has 0 spiro atoms. The van der Waals surface area contributed by atoms with Crippen molar-refractivity contribution in [2.75, 3.05) is 7.05 Å². The van der Waals surface area contributed by atoms with Gasteiger partial charge in [-0.1, -0.05) is 54.1 Å². The van der Waals surface area contributed by atoms with Crippen LogP contribution in [-0.2, 0) is 17.8 Å². The van der Waals surface area contributed by atoms with Crippen molar-refractivity contribution in [3.63, 3.8) is 0 Å². The van der Waals surface area contributed by atoms with Crippen LogP contribution in [0.15, 0.2) is 48.5 Å². The number of amides is 1. The number of carbonyl (C=O) groups is 1. The molecule has 0 atom stereocenters. The van der Waals surface area contributed by atoms with Gasteiger partial charge in [0.15, 0.2) is 0 Å². The SMILES string of the molecule is Cc1ccccc1CC(=O)N(C)Cc1ccccc1Cl. The van der Waals surface area contributed by atoms with Gasteiger partial charge in [0.05, 0.1) is 6.42 Å². The van der Waals surface area contributed by atoms with E-state index in [2.05, 4.69) is 0 Å². The number of likely N-dealkylation sites (N-methyl/N-ethyl adjacent to an activating group) is 1. The summed E-state index contributed by atoms with van der Waals surface area (Å²) in [4.78, 5) is 14.0. The fourth-order valence-electron chi connectivity index (χ4n) is 2.08. The van der Waals surface area contributed by atoms with E-state index < -0.39 is 0 Å². The molecule has 1 amide bonds. The van der Waals surface area contributed by atoms with Crippen LogP contribution >= 0.6 is 11.6 Å². The molecule has 2 rings (SSSR count). The monoisotopic (exact) mass is 287 g/mol. The van der Waals surface area contributed by atoms with Gasteiger partial charge in [0, 0.05) is 18.6 Å². The number of halogens is 1. The lowest BCUT2D eigenvalue weighted by atomic mass is 10.1. The van der Waals surface area contributed by atoms with Gasteiger partial charge in [-0.05, 0) is 29.7 Å². The Balaban J connectivity index is 2.03. The van der Waals surface area contributed by atoms with E-state index >= 15 is 0 Å². The maximum Gasteiger partial charge on any atom is 0.227 e. The molecular weight excluding hydrogens is 270 g/mol. The molecule has 0 aliphatic carbocycles. The molecule has 0 unspecified atom stereocenters. The normalized spacial score (nSPS) is 10.3. The van der Waals surface area contributed by atoms with Crippen LogP contribution in [0, 0.1) is 6.92 Å². The van der Waals surface area contributed by atoms with Gasteiger partial charge >= 0.3 is 0 Å². The van der Waals surface area contributed by atoms with Gasteiger partial charge in [-0.15, -0.1) is 0 Å². The van der Waals surface area contributed by atoms with Crippen LogP contribution in [0.4, 0.5) is 0 Å². The number of aryl methyl sites for hydroxylation is 1. The lowest BCUT2D eigenvalue weighted by molar-refractivity contribution is -0.129. The van der Waals surface area contributed by atoms with E-state index in [-0.39, 0.29) is 5.91 Å². The maximum absolute atomic E-state index is 12.3. The summed E-state index contributed by atoms with van der Waals surface area (Å²) in [5.41, 5.74) is 3.19. The molecule has 0 fully saturated rings. The zero-order chi connectivity index (χ0) is 14.5. The third kappa shape index (κ3) is 3.61. The van der Waals surface area contributed by atoms with Crippen molar-refractivity contribution in [2.24, 2.45) is 0 Å². The Hall–Kier alpha value is -1.80. The largest absolute Gasteiger partial charge is 0.341 e. The molecule has 3 heteroatoms. The Morgan fingerprint density at radius 1 is 1.05 bits per heavy atom. The van der Waals surface area contributed by atoms with Crippen molar-refractivity contribution >= 4 is 17.5 Å². The molecule has 0 saturated carbocycles. The van der Waals surface area contributed by atoms with Gasteiger partial charge in [-0.25, -0.2) is 0 Å². The van der Waals surface area contributed by atoms with Crippen LogP contribution in [0.3, 0.4) is 0 Å². The van der Waals surface area contributed by atoms with Crippen LogP contribution in [0.2, 0.25) is 5.02 Å². The number of nitrogens with zero attached hydrogens (tertiary/aromatic N) is 1. The van der Waals surface area contributed by atoms with Crippen LogP contribution in [0.5, 0.6) is 0 Å². The van der Waals surface area contributed by atoms with Crippen molar-refractivity contribution in [3.05, 3.63) is 70.2 Å². The minimum absolute atomic E-state index is 0.0965. The number of hydrogen-bond acceptors (Lipinski definition) is 1. The number of carbonyl (C=O) groups excluding carboxylic acids is 1. The van der Waals surface area contributed by atoms with E-state index in [1.54, 1.807) is 4.90 Å². The molecule has 2 nitrogen and oxygen atoms in total. The van der Waals surface area contributed by atoms with Gasteiger partial charge in [0.2, 0.25) is 5.91 Å². The summed E-state index contributed by atoms with van der Waals surface area (Å²) >= 11 is 6.12. The summed E-state index contributed by atoms with van der Waals surface area (Å²) in [6, 6.07) is 15.6. The highest BCUT2D eigenvalue weighted by atomic mass is 35.5. The molecule has 0 aliphatic heterocycles. The van der Waals surface area contributed by atoms with Gasteiger partial charge in [-0.2, -0.15) is 0 Å². The Bertz CT molecular complexity index is 609. The Labute approximate surface area is 125 Å². The highest BCUT2D eigenvalue weighted by Gasteiger charge is 2.12. The first-order valence-electron chi connectivity index (χ1n) is 6.60. The highest BCUT2D eigenvalue weighted by Crippen LogP contribution is 2.17. The van der Waals surface area contributed by atoms with E-state index in [1.807, 2.05) is 62.5 Å². The van der Waals surface area contributed by atoms with Gasteiger partial charge in [-0.3, -0.25) is 4.79 Å². The quantitative estimate of drug-likeness (QED) is 0.836. The standard InChI is InChI=1S/C17H18ClNO/c1-13-7-3-4-8-14(13)11-17(20)19(2)12-15-9-5-6-10-16(15)18/h3-10H,11-12H2,1-2H3. The molecule has 104 valence electrons. The third-order valence-electron chi connectivity index (χ3n) is 3.39. The average molecular weight is 288 g/mol. The number of benzene rings is 2. The van der Waals surface area contributed by atoms with Gasteiger partial charge in [0.25, 0.3) is 0 Å². The molecule has 0 heterocycles. The third-order valence-corrected chi connectivity index (χ3v) is 3.76. The molecule has 0 N–H and O–H groups in total. The van der Waals surface area contributed by atoms with Crippen molar-refractivity contribution in [3.8, 4) is 0 Å². The fourth-order valence-corrected chi connectivity index (χ4v) is 2.27. The Morgan fingerprint density at radius 3 is 2.30 bits per heavy atom. The van der Waals surface area contributed by atoms with E-state index in [4.69, 9.17) is 11.6 Å². The molecular formula is C17H18ClNO. The molecule has 0 radical (unpaired) electrons. The van der Waals surface area contributed by atoms with Gasteiger partial charge < -0.3 is 4.90 Å². The molecule has 0 aromatic heterocycles. The highest BCUT2D eigenvalue weighted by molar-refractivity contribution is 6.31. The summed E-state index contributed by atoms with van der Waals surface area (Å²) in [5, 5.41) is 0.697. The maximum atomic E-state index is 12.3. The van der Waals surface area contributed by atoms with E-state index in [9.17, 15) is 4.79 Å². The Kier molecular flexibility index (Phi) is 4.80.